The zero-order valence-corrected chi connectivity index (χ0v) is 17.1. The predicted molar refractivity (Wildman–Crippen MR) is 110 cm³/mol. The number of fused-ring (bicyclic) bond motifs is 3. The van der Waals surface area contributed by atoms with Gasteiger partial charge in [0.05, 0.1) is 12.8 Å². The molecule has 5 nitrogen and oxygen atoms in total. The molecule has 1 aromatic heterocycles. The van der Waals surface area contributed by atoms with Crippen molar-refractivity contribution in [3.63, 3.8) is 0 Å². The Morgan fingerprint density at radius 1 is 1.20 bits per heavy atom. The molecule has 158 valence electrons. The van der Waals surface area contributed by atoms with E-state index in [9.17, 15) is 18.0 Å². The molecule has 10 heteroatoms. The molecule has 2 heterocycles. The Morgan fingerprint density at radius 3 is 2.53 bits per heavy atom. The molecule has 2 N–H and O–H groups in total. The number of halogens is 5. The number of amides is 2. The van der Waals surface area contributed by atoms with E-state index in [0.717, 1.165) is 4.90 Å². The molecule has 1 atom stereocenters. The molecule has 4 rings (SSSR count). The first-order valence-electron chi connectivity index (χ1n) is 8.96. The third kappa shape index (κ3) is 3.77. The maximum absolute atomic E-state index is 14.1. The van der Waals surface area contributed by atoms with E-state index in [4.69, 9.17) is 27.9 Å². The summed E-state index contributed by atoms with van der Waals surface area (Å²) < 4.78 is 47.4. The number of carbonyl (C=O) groups is 1. The number of urea groups is 1. The van der Waals surface area contributed by atoms with E-state index in [1.165, 1.54) is 25.3 Å². The van der Waals surface area contributed by atoms with Gasteiger partial charge in [-0.25, -0.2) is 4.79 Å². The van der Waals surface area contributed by atoms with Crippen LogP contribution in [0.3, 0.4) is 0 Å². The lowest BCUT2D eigenvalue weighted by Crippen LogP contribution is -2.48. The van der Waals surface area contributed by atoms with Gasteiger partial charge in [0.25, 0.3) is 0 Å². The second kappa shape index (κ2) is 7.59. The van der Waals surface area contributed by atoms with Gasteiger partial charge in [-0.15, -0.1) is 0 Å². The summed E-state index contributed by atoms with van der Waals surface area (Å²) in [5, 5.41) is 3.64. The van der Waals surface area contributed by atoms with Crippen LogP contribution in [0.25, 0.3) is 10.9 Å². The highest BCUT2D eigenvalue weighted by Crippen LogP contribution is 2.44. The molecular weight excluding hydrogens is 442 g/mol. The Morgan fingerprint density at radius 2 is 1.90 bits per heavy atom. The van der Waals surface area contributed by atoms with Gasteiger partial charge in [0.15, 0.2) is 6.04 Å². The molecule has 0 radical (unpaired) electrons. The van der Waals surface area contributed by atoms with Crippen LogP contribution in [-0.2, 0) is 6.42 Å². The molecular formula is C20H16Cl2F3N3O2. The lowest BCUT2D eigenvalue weighted by molar-refractivity contribution is -0.180. The smallest absolute Gasteiger partial charge is 0.414 e. The van der Waals surface area contributed by atoms with Crippen LogP contribution < -0.4 is 10.1 Å². The number of carbonyl (C=O) groups excluding carboxylic acids is 1. The minimum Gasteiger partial charge on any atom is -0.497 e. The van der Waals surface area contributed by atoms with Gasteiger partial charge in [-0.1, -0.05) is 23.2 Å². The Balaban J connectivity index is 1.72. The summed E-state index contributed by atoms with van der Waals surface area (Å²) in [4.78, 5) is 16.4. The van der Waals surface area contributed by atoms with Crippen molar-refractivity contribution >= 4 is 45.8 Å². The van der Waals surface area contributed by atoms with Crippen molar-refractivity contribution in [1.82, 2.24) is 9.88 Å². The molecule has 1 unspecified atom stereocenters. The first kappa shape index (κ1) is 20.7. The summed E-state index contributed by atoms with van der Waals surface area (Å²) in [6.07, 6.45) is -4.41. The number of hydrogen-bond donors (Lipinski definition) is 2. The third-order valence-corrected chi connectivity index (χ3v) is 5.46. The van der Waals surface area contributed by atoms with Crippen LogP contribution in [0.2, 0.25) is 10.0 Å². The SMILES string of the molecule is COc1ccc2[nH]c3c(c2c1)CCN(C(=O)Nc1cc(Cl)cc(Cl)c1)C3C(F)(F)F. The monoisotopic (exact) mass is 457 g/mol. The third-order valence-electron chi connectivity index (χ3n) is 5.02. The van der Waals surface area contributed by atoms with E-state index in [-0.39, 0.29) is 34.4 Å². The van der Waals surface area contributed by atoms with Crippen molar-refractivity contribution in [3.05, 3.63) is 57.7 Å². The molecule has 2 aromatic carbocycles. The van der Waals surface area contributed by atoms with E-state index >= 15 is 0 Å². The maximum Gasteiger partial charge on any atom is 0.414 e. The van der Waals surface area contributed by atoms with E-state index < -0.39 is 18.2 Å². The van der Waals surface area contributed by atoms with E-state index in [1.54, 1.807) is 18.2 Å². The maximum atomic E-state index is 14.1. The summed E-state index contributed by atoms with van der Waals surface area (Å²) in [6.45, 7) is -0.110. The number of nitrogens with zero attached hydrogens (tertiary/aromatic N) is 1. The number of alkyl halides is 3. The zero-order valence-electron chi connectivity index (χ0n) is 15.6. The van der Waals surface area contributed by atoms with Gasteiger partial charge in [0.1, 0.15) is 5.75 Å². The average molecular weight is 458 g/mol. The predicted octanol–water partition coefficient (Wildman–Crippen LogP) is 6.18. The van der Waals surface area contributed by atoms with Crippen molar-refractivity contribution in [2.45, 2.75) is 18.6 Å². The van der Waals surface area contributed by atoms with Crippen LogP contribution in [0.5, 0.6) is 5.75 Å². The van der Waals surface area contributed by atoms with Crippen LogP contribution in [0, 0.1) is 0 Å². The first-order valence-corrected chi connectivity index (χ1v) is 9.72. The average Bonchev–Trinajstić information content (AvgIpc) is 3.02. The fraction of sp³-hybridized carbons (Fsp3) is 0.250. The van der Waals surface area contributed by atoms with Gasteiger partial charge >= 0.3 is 12.2 Å². The highest BCUT2D eigenvalue weighted by Gasteiger charge is 2.50. The summed E-state index contributed by atoms with van der Waals surface area (Å²) in [5.41, 5.74) is 1.25. The lowest BCUT2D eigenvalue weighted by atomic mass is 9.97. The number of aromatic nitrogens is 1. The first-order chi connectivity index (χ1) is 14.2. The number of aromatic amines is 1. The second-order valence-electron chi connectivity index (χ2n) is 6.90. The van der Waals surface area contributed by atoms with Gasteiger partial charge in [0, 0.05) is 33.2 Å². The number of benzene rings is 2. The Labute approximate surface area is 179 Å². The normalized spacial score (nSPS) is 16.5. The van der Waals surface area contributed by atoms with Crippen LogP contribution in [0.15, 0.2) is 36.4 Å². The van der Waals surface area contributed by atoms with Crippen LogP contribution in [0.1, 0.15) is 17.3 Å². The van der Waals surface area contributed by atoms with Crippen molar-refractivity contribution in [1.29, 1.82) is 0 Å². The number of nitrogens with one attached hydrogen (secondary N) is 2. The lowest BCUT2D eigenvalue weighted by Gasteiger charge is -2.36. The summed E-state index contributed by atoms with van der Waals surface area (Å²) in [6, 6.07) is 6.31. The quantitative estimate of drug-likeness (QED) is 0.482. The Bertz CT molecular complexity index is 1110. The molecule has 0 fully saturated rings. The molecule has 0 aliphatic carbocycles. The molecule has 1 aliphatic heterocycles. The molecule has 1 aliphatic rings. The molecule has 0 spiro atoms. The molecule has 0 saturated heterocycles. The molecule has 30 heavy (non-hydrogen) atoms. The highest BCUT2D eigenvalue weighted by molar-refractivity contribution is 6.35. The van der Waals surface area contributed by atoms with Crippen LogP contribution in [-0.4, -0.2) is 35.7 Å². The Hall–Kier alpha value is -2.58. The molecule has 2 amide bonds. The molecule has 0 saturated carbocycles. The van der Waals surface area contributed by atoms with Crippen LogP contribution in [0.4, 0.5) is 23.7 Å². The van der Waals surface area contributed by atoms with Gasteiger partial charge in [-0.05, 0) is 48.4 Å². The number of ether oxygens (including phenoxy) is 1. The molecule has 0 bridgehead atoms. The largest absolute Gasteiger partial charge is 0.497 e. The van der Waals surface area contributed by atoms with Gasteiger partial charge in [-0.3, -0.25) is 0 Å². The number of hydrogen-bond acceptors (Lipinski definition) is 2. The number of H-pyrrole nitrogens is 1. The minimum atomic E-state index is -4.68. The Kier molecular flexibility index (Phi) is 5.23. The number of methoxy groups -OCH3 is 1. The summed E-state index contributed by atoms with van der Waals surface area (Å²) in [7, 11) is 1.49. The summed E-state index contributed by atoms with van der Waals surface area (Å²) >= 11 is 11.8. The van der Waals surface area contributed by atoms with E-state index in [1.807, 2.05) is 0 Å². The van der Waals surface area contributed by atoms with Crippen LogP contribution >= 0.6 is 23.2 Å². The van der Waals surface area contributed by atoms with E-state index in [0.29, 0.717) is 22.2 Å². The van der Waals surface area contributed by atoms with Gasteiger partial charge in [0.2, 0.25) is 0 Å². The minimum absolute atomic E-state index is 0.0451. The topological polar surface area (TPSA) is 57.4 Å². The van der Waals surface area contributed by atoms with E-state index in [2.05, 4.69) is 10.3 Å². The highest BCUT2D eigenvalue weighted by atomic mass is 35.5. The van der Waals surface area contributed by atoms with Gasteiger partial charge in [-0.2, -0.15) is 13.2 Å². The molecule has 3 aromatic rings. The fourth-order valence-corrected chi connectivity index (χ4v) is 4.30. The second-order valence-corrected chi connectivity index (χ2v) is 7.78. The van der Waals surface area contributed by atoms with Gasteiger partial charge < -0.3 is 19.9 Å². The summed E-state index contributed by atoms with van der Waals surface area (Å²) in [5.74, 6) is 0.547. The number of anilines is 1. The van der Waals surface area contributed by atoms with Crippen molar-refractivity contribution < 1.29 is 22.7 Å². The standard InChI is InChI=1S/C20H16Cl2F3N3O2/c1-30-13-2-3-16-15(9-13)14-4-5-28(18(17(14)27-16)20(23,24)25)19(29)26-12-7-10(21)6-11(22)8-12/h2-3,6-9,18,27H,4-5H2,1H3,(H,26,29). The fourth-order valence-electron chi connectivity index (χ4n) is 3.77. The van der Waals surface area contributed by atoms with Crippen molar-refractivity contribution in [2.24, 2.45) is 0 Å². The van der Waals surface area contributed by atoms with Crippen molar-refractivity contribution in [3.8, 4) is 5.75 Å². The number of rotatable bonds is 2. The van der Waals surface area contributed by atoms with Crippen molar-refractivity contribution in [2.75, 3.05) is 19.0 Å². The zero-order chi connectivity index (χ0) is 21.6.